The predicted molar refractivity (Wildman–Crippen MR) is 91.9 cm³/mol. The molecule has 0 atom stereocenters. The molecule has 0 bridgehead atoms. The number of carbonyl (C=O) groups is 1. The van der Waals surface area contributed by atoms with E-state index in [1.165, 1.54) is 12.4 Å². The Hall–Kier alpha value is -3.79. The molecule has 2 aromatic heterocycles. The number of carbonyl (C=O) groups excluding carboxylic acids is 1. The zero-order valence-electron chi connectivity index (χ0n) is 13.2. The fraction of sp³-hybridized carbons (Fsp3) is 0.0556. The molecule has 0 fully saturated rings. The quantitative estimate of drug-likeness (QED) is 0.744. The molecule has 0 aliphatic heterocycles. The minimum absolute atomic E-state index is 0.274. The van der Waals surface area contributed by atoms with Gasteiger partial charge in [-0.2, -0.15) is 5.26 Å². The van der Waals surface area contributed by atoms with E-state index in [0.717, 1.165) is 5.69 Å². The van der Waals surface area contributed by atoms with Gasteiger partial charge in [-0.05, 0) is 30.3 Å². The average Bonchev–Trinajstić information content (AvgIpc) is 2.67. The van der Waals surface area contributed by atoms with Crippen LogP contribution in [-0.2, 0) is 6.54 Å². The number of nitrogens with one attached hydrogen (secondary N) is 2. The van der Waals surface area contributed by atoms with Crippen LogP contribution in [0.2, 0.25) is 0 Å². The smallest absolute Gasteiger partial charge is 0.254 e. The van der Waals surface area contributed by atoms with Gasteiger partial charge in [-0.1, -0.05) is 12.1 Å². The number of rotatable bonds is 5. The third kappa shape index (κ3) is 4.36. The number of anilines is 2. The molecule has 2 heterocycles. The highest BCUT2D eigenvalue weighted by Crippen LogP contribution is 2.14. The van der Waals surface area contributed by atoms with Crippen LogP contribution in [0.25, 0.3) is 0 Å². The second-order valence-corrected chi connectivity index (χ2v) is 5.12. The number of amides is 1. The minimum Gasteiger partial charge on any atom is -0.346 e. The summed E-state index contributed by atoms with van der Waals surface area (Å²) in [5.74, 6) is 0.0695. The van der Waals surface area contributed by atoms with Gasteiger partial charge in [-0.3, -0.25) is 9.78 Å². The third-order valence-electron chi connectivity index (χ3n) is 3.32. The molecule has 3 aromatic rings. The fourth-order valence-electron chi connectivity index (χ4n) is 2.08. The first-order valence-corrected chi connectivity index (χ1v) is 7.52. The summed E-state index contributed by atoms with van der Waals surface area (Å²) in [4.78, 5) is 24.5. The van der Waals surface area contributed by atoms with Crippen LogP contribution in [0.1, 0.15) is 21.6 Å². The maximum Gasteiger partial charge on any atom is 0.254 e. The highest BCUT2D eigenvalue weighted by molar-refractivity contribution is 5.93. The maximum absolute atomic E-state index is 12.1. The fourth-order valence-corrected chi connectivity index (χ4v) is 2.08. The molecular formula is C18H14N6O. The lowest BCUT2D eigenvalue weighted by Gasteiger charge is -2.07. The number of pyridine rings is 1. The van der Waals surface area contributed by atoms with Crippen molar-refractivity contribution in [2.45, 2.75) is 6.54 Å². The van der Waals surface area contributed by atoms with Gasteiger partial charge in [0.15, 0.2) is 0 Å². The molecule has 0 saturated heterocycles. The Labute approximate surface area is 144 Å². The molecular weight excluding hydrogens is 316 g/mol. The zero-order chi connectivity index (χ0) is 17.5. The van der Waals surface area contributed by atoms with Gasteiger partial charge in [0.25, 0.3) is 5.91 Å². The molecule has 0 unspecified atom stereocenters. The summed E-state index contributed by atoms with van der Waals surface area (Å²) in [6, 6.07) is 14.5. The number of hydrogen-bond acceptors (Lipinski definition) is 6. The van der Waals surface area contributed by atoms with E-state index in [0.29, 0.717) is 29.3 Å². The number of hydrogen-bond donors (Lipinski definition) is 2. The third-order valence-corrected chi connectivity index (χ3v) is 3.32. The van der Waals surface area contributed by atoms with Crippen LogP contribution in [0.5, 0.6) is 0 Å². The first-order valence-electron chi connectivity index (χ1n) is 7.52. The van der Waals surface area contributed by atoms with E-state index in [9.17, 15) is 4.79 Å². The number of nitriles is 1. The Bertz CT molecular complexity index is 903. The number of benzene rings is 1. The van der Waals surface area contributed by atoms with Crippen molar-refractivity contribution in [1.82, 2.24) is 20.3 Å². The van der Waals surface area contributed by atoms with Crippen molar-refractivity contribution in [3.63, 3.8) is 0 Å². The highest BCUT2D eigenvalue weighted by Gasteiger charge is 2.07. The summed E-state index contributed by atoms with van der Waals surface area (Å²) in [5, 5.41) is 14.6. The van der Waals surface area contributed by atoms with E-state index >= 15 is 0 Å². The largest absolute Gasteiger partial charge is 0.346 e. The van der Waals surface area contributed by atoms with Crippen molar-refractivity contribution < 1.29 is 4.79 Å². The van der Waals surface area contributed by atoms with E-state index in [1.807, 2.05) is 18.2 Å². The maximum atomic E-state index is 12.1. The summed E-state index contributed by atoms with van der Waals surface area (Å²) in [5.41, 5.74) is 2.36. The first-order chi connectivity index (χ1) is 12.2. The van der Waals surface area contributed by atoms with Gasteiger partial charge in [0, 0.05) is 24.3 Å². The molecule has 0 saturated carbocycles. The topological polar surface area (TPSA) is 104 Å². The molecule has 25 heavy (non-hydrogen) atoms. The lowest BCUT2D eigenvalue weighted by Crippen LogP contribution is -2.23. The van der Waals surface area contributed by atoms with Crippen LogP contribution < -0.4 is 10.6 Å². The summed E-state index contributed by atoms with van der Waals surface area (Å²) in [6.07, 6.45) is 4.56. The summed E-state index contributed by atoms with van der Waals surface area (Å²) in [7, 11) is 0. The Morgan fingerprint density at radius 1 is 1.08 bits per heavy atom. The standard InChI is InChI=1S/C18H14N6O/c19-9-13-4-3-6-15(8-13)24-18-22-10-14(11-23-18)17(25)21-12-16-5-1-2-7-20-16/h1-8,10-11H,12H2,(H,21,25)(H,22,23,24). The molecule has 0 aliphatic carbocycles. The van der Waals surface area contributed by atoms with Gasteiger partial charge < -0.3 is 10.6 Å². The number of aromatic nitrogens is 3. The van der Waals surface area contributed by atoms with E-state index < -0.39 is 0 Å². The minimum atomic E-state index is -0.274. The van der Waals surface area contributed by atoms with Crippen molar-refractivity contribution in [3.8, 4) is 6.07 Å². The first kappa shape index (κ1) is 16.1. The summed E-state index contributed by atoms with van der Waals surface area (Å²) < 4.78 is 0. The molecule has 1 amide bonds. The van der Waals surface area contributed by atoms with Crippen LogP contribution in [0.15, 0.2) is 61.1 Å². The van der Waals surface area contributed by atoms with E-state index in [4.69, 9.17) is 5.26 Å². The van der Waals surface area contributed by atoms with Gasteiger partial charge >= 0.3 is 0 Å². The molecule has 1 aromatic carbocycles. The van der Waals surface area contributed by atoms with Crippen LogP contribution in [-0.4, -0.2) is 20.9 Å². The van der Waals surface area contributed by atoms with Gasteiger partial charge in [-0.15, -0.1) is 0 Å². The van der Waals surface area contributed by atoms with Gasteiger partial charge in [-0.25, -0.2) is 9.97 Å². The lowest BCUT2D eigenvalue weighted by molar-refractivity contribution is 0.0949. The Morgan fingerprint density at radius 3 is 2.64 bits per heavy atom. The van der Waals surface area contributed by atoms with Gasteiger partial charge in [0.05, 0.1) is 29.4 Å². The van der Waals surface area contributed by atoms with Crippen molar-refractivity contribution in [2.75, 3.05) is 5.32 Å². The molecule has 0 spiro atoms. The highest BCUT2D eigenvalue weighted by atomic mass is 16.1. The zero-order valence-corrected chi connectivity index (χ0v) is 13.2. The molecule has 7 nitrogen and oxygen atoms in total. The second kappa shape index (κ2) is 7.66. The molecule has 0 aliphatic rings. The molecule has 3 rings (SSSR count). The van der Waals surface area contributed by atoms with Crippen molar-refractivity contribution >= 4 is 17.5 Å². The van der Waals surface area contributed by atoms with Gasteiger partial charge in [0.1, 0.15) is 0 Å². The SMILES string of the molecule is N#Cc1cccc(Nc2ncc(C(=O)NCc3ccccn3)cn2)c1. The van der Waals surface area contributed by atoms with Crippen LogP contribution in [0, 0.1) is 11.3 Å². The summed E-state index contributed by atoms with van der Waals surface area (Å²) >= 11 is 0. The van der Waals surface area contributed by atoms with E-state index in [2.05, 4.69) is 31.7 Å². The van der Waals surface area contributed by atoms with E-state index in [1.54, 1.807) is 30.5 Å². The average molecular weight is 330 g/mol. The second-order valence-electron chi connectivity index (χ2n) is 5.12. The van der Waals surface area contributed by atoms with Crippen molar-refractivity contribution in [3.05, 3.63) is 77.9 Å². The van der Waals surface area contributed by atoms with Crippen LogP contribution in [0.3, 0.4) is 0 Å². The lowest BCUT2D eigenvalue weighted by atomic mass is 10.2. The van der Waals surface area contributed by atoms with Crippen LogP contribution >= 0.6 is 0 Å². The summed E-state index contributed by atoms with van der Waals surface area (Å²) in [6.45, 7) is 0.334. The number of nitrogens with zero attached hydrogens (tertiary/aromatic N) is 4. The Kier molecular flexibility index (Phi) is 4.93. The monoisotopic (exact) mass is 330 g/mol. The normalized spacial score (nSPS) is 9.88. The molecule has 122 valence electrons. The van der Waals surface area contributed by atoms with Crippen LogP contribution in [0.4, 0.5) is 11.6 Å². The Morgan fingerprint density at radius 2 is 1.92 bits per heavy atom. The van der Waals surface area contributed by atoms with Crippen molar-refractivity contribution in [2.24, 2.45) is 0 Å². The predicted octanol–water partition coefficient (Wildman–Crippen LogP) is 2.42. The Balaban J connectivity index is 1.61. The molecule has 2 N–H and O–H groups in total. The van der Waals surface area contributed by atoms with Gasteiger partial charge in [0.2, 0.25) is 5.95 Å². The molecule has 0 radical (unpaired) electrons. The van der Waals surface area contributed by atoms with E-state index in [-0.39, 0.29) is 5.91 Å². The van der Waals surface area contributed by atoms with Crippen molar-refractivity contribution in [1.29, 1.82) is 5.26 Å². The molecule has 7 heteroatoms.